The largest absolute Gasteiger partial charge is 0.384 e. The van der Waals surface area contributed by atoms with Crippen molar-refractivity contribution in [3.63, 3.8) is 0 Å². The SMILES string of the molecule is N=C(N)c1ccc2nc(C(CC3CCN(S(=O)(=O)Cc4ccccc4)CC3)c3nc4ccccc4[nH]3)[nH]c2c1. The smallest absolute Gasteiger partial charge is 0.218 e. The van der Waals surface area contributed by atoms with Crippen molar-refractivity contribution in [3.8, 4) is 0 Å². The molecule has 1 unspecified atom stereocenters. The lowest BCUT2D eigenvalue weighted by Gasteiger charge is -2.32. The summed E-state index contributed by atoms with van der Waals surface area (Å²) in [4.78, 5) is 16.7. The molecule has 0 saturated carbocycles. The molecule has 10 heteroatoms. The van der Waals surface area contributed by atoms with E-state index in [1.165, 1.54) is 0 Å². The van der Waals surface area contributed by atoms with Crippen molar-refractivity contribution in [1.29, 1.82) is 5.41 Å². The number of benzene rings is 3. The molecule has 5 N–H and O–H groups in total. The van der Waals surface area contributed by atoms with Crippen molar-refractivity contribution in [2.24, 2.45) is 11.7 Å². The van der Waals surface area contributed by atoms with Gasteiger partial charge in [-0.25, -0.2) is 22.7 Å². The van der Waals surface area contributed by atoms with Crippen LogP contribution in [-0.2, 0) is 15.8 Å². The van der Waals surface area contributed by atoms with E-state index in [0.29, 0.717) is 24.6 Å². The molecule has 0 amide bonds. The topological polar surface area (TPSA) is 145 Å². The first kappa shape index (κ1) is 25.3. The molecule has 0 radical (unpaired) electrons. The minimum atomic E-state index is -3.37. The number of para-hydroxylation sites is 2. The highest BCUT2D eigenvalue weighted by molar-refractivity contribution is 7.88. The van der Waals surface area contributed by atoms with E-state index in [0.717, 1.165) is 58.5 Å². The van der Waals surface area contributed by atoms with Gasteiger partial charge in [0, 0.05) is 18.7 Å². The number of hydrogen-bond donors (Lipinski definition) is 4. The van der Waals surface area contributed by atoms with Gasteiger partial charge in [-0.15, -0.1) is 0 Å². The van der Waals surface area contributed by atoms with Crippen LogP contribution in [0.2, 0.25) is 0 Å². The highest BCUT2D eigenvalue weighted by Gasteiger charge is 2.32. The molecule has 2 aromatic heterocycles. The number of amidine groups is 1. The number of imidazole rings is 2. The van der Waals surface area contributed by atoms with E-state index < -0.39 is 10.0 Å². The van der Waals surface area contributed by atoms with Crippen LogP contribution < -0.4 is 5.73 Å². The lowest BCUT2D eigenvalue weighted by Crippen LogP contribution is -2.39. The lowest BCUT2D eigenvalue weighted by atomic mass is 9.87. The van der Waals surface area contributed by atoms with Crippen LogP contribution in [0.3, 0.4) is 0 Å². The number of H-pyrrole nitrogens is 2. The first-order chi connectivity index (χ1) is 18.9. The Hall–Kier alpha value is -4.02. The number of nitrogen functional groups attached to an aromatic ring is 1. The number of rotatable bonds is 8. The van der Waals surface area contributed by atoms with Gasteiger partial charge in [0.25, 0.3) is 0 Å². The molecule has 1 fully saturated rings. The highest BCUT2D eigenvalue weighted by Crippen LogP contribution is 2.35. The molecule has 3 heterocycles. The Kier molecular flexibility index (Phi) is 6.66. The monoisotopic (exact) mass is 541 g/mol. The normalized spacial score (nSPS) is 16.1. The minimum absolute atomic E-state index is 0.0101. The molecule has 0 bridgehead atoms. The van der Waals surface area contributed by atoms with E-state index in [9.17, 15) is 8.42 Å². The van der Waals surface area contributed by atoms with Gasteiger partial charge in [-0.05, 0) is 61.1 Å². The third-order valence-electron chi connectivity index (χ3n) is 7.61. The lowest BCUT2D eigenvalue weighted by molar-refractivity contribution is 0.255. The first-order valence-electron chi connectivity index (χ1n) is 13.2. The first-order valence-corrected chi connectivity index (χ1v) is 14.8. The van der Waals surface area contributed by atoms with Gasteiger partial charge in [0.2, 0.25) is 10.0 Å². The summed E-state index contributed by atoms with van der Waals surface area (Å²) < 4.78 is 27.8. The highest BCUT2D eigenvalue weighted by atomic mass is 32.2. The minimum Gasteiger partial charge on any atom is -0.384 e. The Labute approximate surface area is 227 Å². The van der Waals surface area contributed by atoms with Gasteiger partial charge in [-0.1, -0.05) is 42.5 Å². The van der Waals surface area contributed by atoms with Crippen LogP contribution in [0.5, 0.6) is 0 Å². The summed E-state index contributed by atoms with van der Waals surface area (Å²) in [5.74, 6) is 1.86. The van der Waals surface area contributed by atoms with Gasteiger partial charge < -0.3 is 15.7 Å². The van der Waals surface area contributed by atoms with Gasteiger partial charge in [0.15, 0.2) is 0 Å². The van der Waals surface area contributed by atoms with Crippen molar-refractivity contribution in [2.45, 2.75) is 30.9 Å². The Morgan fingerprint density at radius 3 is 2.26 bits per heavy atom. The van der Waals surface area contributed by atoms with E-state index >= 15 is 0 Å². The molecule has 3 aromatic carbocycles. The van der Waals surface area contributed by atoms with Gasteiger partial charge in [0.05, 0.1) is 33.7 Å². The molecule has 0 aliphatic carbocycles. The maximum atomic E-state index is 13.1. The summed E-state index contributed by atoms with van der Waals surface area (Å²) in [7, 11) is -3.37. The molecular formula is C29H31N7O2S. The number of piperidine rings is 1. The molecular weight excluding hydrogens is 510 g/mol. The number of aromatic amines is 2. The summed E-state index contributed by atoms with van der Waals surface area (Å²) in [5, 5.41) is 7.77. The Morgan fingerprint density at radius 2 is 1.56 bits per heavy atom. The predicted octanol–water partition coefficient (Wildman–Crippen LogP) is 4.49. The number of nitrogens with zero attached hydrogens (tertiary/aromatic N) is 3. The zero-order valence-electron chi connectivity index (χ0n) is 21.5. The van der Waals surface area contributed by atoms with Gasteiger partial charge in [-0.3, -0.25) is 5.41 Å². The Balaban J connectivity index is 1.24. The predicted molar refractivity (Wildman–Crippen MR) is 153 cm³/mol. The fourth-order valence-electron chi connectivity index (χ4n) is 5.48. The number of sulfonamides is 1. The van der Waals surface area contributed by atoms with Crippen LogP contribution in [0.15, 0.2) is 72.8 Å². The van der Waals surface area contributed by atoms with Crippen LogP contribution in [0.1, 0.15) is 48.0 Å². The third kappa shape index (κ3) is 5.30. The average Bonchev–Trinajstić information content (AvgIpc) is 3.56. The van der Waals surface area contributed by atoms with Crippen molar-refractivity contribution in [3.05, 3.63) is 95.6 Å². The van der Waals surface area contributed by atoms with E-state index in [4.69, 9.17) is 21.1 Å². The van der Waals surface area contributed by atoms with Crippen LogP contribution in [0, 0.1) is 11.3 Å². The molecule has 6 rings (SSSR count). The molecule has 1 atom stereocenters. The zero-order valence-corrected chi connectivity index (χ0v) is 22.3. The van der Waals surface area contributed by atoms with E-state index in [1.807, 2.05) is 66.7 Å². The quantitative estimate of drug-likeness (QED) is 0.169. The van der Waals surface area contributed by atoms with Gasteiger partial charge >= 0.3 is 0 Å². The molecule has 9 nitrogen and oxygen atoms in total. The fraction of sp³-hybridized carbons (Fsp3) is 0.276. The van der Waals surface area contributed by atoms with Crippen LogP contribution in [-0.4, -0.2) is 51.6 Å². The standard InChI is InChI=1S/C29H31N7O2S/c30-27(31)21-10-11-25-26(17-21)35-29(34-25)22(28-32-23-8-4-5-9-24(23)33-28)16-19-12-14-36(15-13-19)39(37,38)18-20-6-2-1-3-7-20/h1-11,17,19,22H,12-16,18H2,(H3,30,31)(H,32,33)(H,34,35). The second-order valence-corrected chi connectivity index (χ2v) is 12.2. The Bertz CT molecular complexity index is 1700. The molecule has 0 spiro atoms. The Morgan fingerprint density at radius 1 is 0.923 bits per heavy atom. The third-order valence-corrected chi connectivity index (χ3v) is 9.46. The van der Waals surface area contributed by atoms with E-state index in [2.05, 4.69) is 9.97 Å². The number of aromatic nitrogens is 4. The van der Waals surface area contributed by atoms with Gasteiger partial charge in [0.1, 0.15) is 17.5 Å². The van der Waals surface area contributed by atoms with Crippen LogP contribution >= 0.6 is 0 Å². The number of hydrogen-bond acceptors (Lipinski definition) is 5. The zero-order chi connectivity index (χ0) is 27.0. The maximum Gasteiger partial charge on any atom is 0.218 e. The summed E-state index contributed by atoms with van der Waals surface area (Å²) in [6.07, 6.45) is 2.34. The molecule has 1 aliphatic rings. The summed E-state index contributed by atoms with van der Waals surface area (Å²) in [6.45, 7) is 1.02. The van der Waals surface area contributed by atoms with E-state index in [1.54, 1.807) is 10.4 Å². The number of fused-ring (bicyclic) bond motifs is 2. The number of nitrogens with two attached hydrogens (primary N) is 1. The van der Waals surface area contributed by atoms with Crippen LogP contribution in [0.25, 0.3) is 22.1 Å². The summed E-state index contributed by atoms with van der Waals surface area (Å²) in [5.41, 5.74) is 10.6. The second-order valence-electron chi connectivity index (χ2n) is 10.3. The summed E-state index contributed by atoms with van der Waals surface area (Å²) >= 11 is 0. The van der Waals surface area contributed by atoms with Gasteiger partial charge in [-0.2, -0.15) is 0 Å². The summed E-state index contributed by atoms with van der Waals surface area (Å²) in [6, 6.07) is 22.8. The van der Waals surface area contributed by atoms with Crippen molar-refractivity contribution < 1.29 is 8.42 Å². The molecule has 1 aliphatic heterocycles. The van der Waals surface area contributed by atoms with Crippen molar-refractivity contribution >= 4 is 37.9 Å². The molecule has 200 valence electrons. The average molecular weight is 542 g/mol. The molecule has 39 heavy (non-hydrogen) atoms. The molecule has 5 aromatic rings. The fourth-order valence-corrected chi connectivity index (χ4v) is 7.05. The number of nitrogens with one attached hydrogen (secondary N) is 3. The second kappa shape index (κ2) is 10.3. The van der Waals surface area contributed by atoms with Crippen molar-refractivity contribution in [1.82, 2.24) is 24.2 Å². The molecule has 1 saturated heterocycles. The maximum absolute atomic E-state index is 13.1. The van der Waals surface area contributed by atoms with E-state index in [-0.39, 0.29) is 17.5 Å². The van der Waals surface area contributed by atoms with Crippen molar-refractivity contribution in [2.75, 3.05) is 13.1 Å². The van der Waals surface area contributed by atoms with Crippen LogP contribution in [0.4, 0.5) is 0 Å².